The third-order valence-corrected chi connectivity index (χ3v) is 5.63. The van der Waals surface area contributed by atoms with Crippen LogP contribution in [0.5, 0.6) is 5.75 Å². The highest BCUT2D eigenvalue weighted by molar-refractivity contribution is 7.16. The summed E-state index contributed by atoms with van der Waals surface area (Å²) in [7, 11) is 1.64. The Morgan fingerprint density at radius 2 is 2.32 bits per heavy atom. The lowest BCUT2D eigenvalue weighted by Crippen LogP contribution is -2.22. The molecule has 3 rings (SSSR count). The number of fused-ring (bicyclic) bond motifs is 1. The van der Waals surface area contributed by atoms with E-state index in [0.717, 1.165) is 46.8 Å². The van der Waals surface area contributed by atoms with E-state index in [-0.39, 0.29) is 5.91 Å². The van der Waals surface area contributed by atoms with Gasteiger partial charge in [-0.25, -0.2) is 0 Å². The lowest BCUT2D eigenvalue weighted by Gasteiger charge is -2.11. The zero-order valence-electron chi connectivity index (χ0n) is 14.4. The van der Waals surface area contributed by atoms with Crippen molar-refractivity contribution in [1.82, 2.24) is 5.32 Å². The average molecular weight is 355 g/mol. The van der Waals surface area contributed by atoms with Crippen LogP contribution in [0.25, 0.3) is 0 Å². The fourth-order valence-corrected chi connectivity index (χ4v) is 4.34. The van der Waals surface area contributed by atoms with Gasteiger partial charge in [-0.3, -0.25) is 4.79 Å². The number of thiophene rings is 1. The van der Waals surface area contributed by atoms with E-state index in [1.165, 1.54) is 11.3 Å². The number of hydrogen-bond donors (Lipinski definition) is 2. The van der Waals surface area contributed by atoms with Crippen molar-refractivity contribution in [2.75, 3.05) is 19.0 Å². The van der Waals surface area contributed by atoms with Crippen molar-refractivity contribution in [3.05, 3.63) is 45.3 Å². The molecule has 0 saturated heterocycles. The first-order chi connectivity index (χ1) is 12.1. The predicted molar refractivity (Wildman–Crippen MR) is 99.1 cm³/mol. The van der Waals surface area contributed by atoms with Crippen molar-refractivity contribution in [3.8, 4) is 11.8 Å². The van der Waals surface area contributed by atoms with Crippen LogP contribution in [0.15, 0.2) is 18.2 Å². The van der Waals surface area contributed by atoms with Gasteiger partial charge in [0.15, 0.2) is 0 Å². The average Bonchev–Trinajstić information content (AvgIpc) is 2.97. The molecule has 5 nitrogen and oxygen atoms in total. The highest BCUT2D eigenvalue weighted by Crippen LogP contribution is 2.35. The Labute approximate surface area is 151 Å². The summed E-state index contributed by atoms with van der Waals surface area (Å²) in [6.45, 7) is 3.66. The van der Waals surface area contributed by atoms with Crippen LogP contribution >= 0.6 is 11.3 Å². The molecule has 2 N–H and O–H groups in total. The molecule has 0 bridgehead atoms. The minimum absolute atomic E-state index is 0.0756. The highest BCUT2D eigenvalue weighted by atomic mass is 32.1. The van der Waals surface area contributed by atoms with Crippen molar-refractivity contribution in [2.24, 2.45) is 0 Å². The summed E-state index contributed by atoms with van der Waals surface area (Å²) in [4.78, 5) is 13.6. The van der Waals surface area contributed by atoms with Crippen LogP contribution in [-0.4, -0.2) is 19.6 Å². The van der Waals surface area contributed by atoms with Crippen LogP contribution in [0.1, 0.15) is 33.6 Å². The molecule has 1 aromatic heterocycles. The Kier molecular flexibility index (Phi) is 5.37. The molecule has 6 heteroatoms. The number of hydrogen-bond acceptors (Lipinski definition) is 5. The van der Waals surface area contributed by atoms with Crippen molar-refractivity contribution in [1.29, 1.82) is 5.26 Å². The third-order valence-electron chi connectivity index (χ3n) is 4.48. The van der Waals surface area contributed by atoms with Gasteiger partial charge in [0.05, 0.1) is 12.7 Å². The summed E-state index contributed by atoms with van der Waals surface area (Å²) in [5.41, 5.74) is 3.88. The van der Waals surface area contributed by atoms with Gasteiger partial charge in [-0.2, -0.15) is 5.26 Å². The van der Waals surface area contributed by atoms with Gasteiger partial charge in [0.25, 0.3) is 0 Å². The van der Waals surface area contributed by atoms with E-state index in [2.05, 4.69) is 16.7 Å². The van der Waals surface area contributed by atoms with Crippen molar-refractivity contribution in [3.63, 3.8) is 0 Å². The maximum atomic E-state index is 12.4. The fourth-order valence-electron chi connectivity index (χ4n) is 3.16. The molecular weight excluding hydrogens is 334 g/mol. The van der Waals surface area contributed by atoms with Crippen LogP contribution in [0, 0.1) is 18.3 Å². The molecule has 1 amide bonds. The number of nitriles is 1. The number of amides is 1. The molecule has 0 unspecified atom stereocenters. The van der Waals surface area contributed by atoms with E-state index in [4.69, 9.17) is 4.74 Å². The van der Waals surface area contributed by atoms with Gasteiger partial charge in [0, 0.05) is 17.8 Å². The number of aryl methyl sites for hydroxylation is 1. The van der Waals surface area contributed by atoms with Crippen LogP contribution in [0.3, 0.4) is 0 Å². The van der Waals surface area contributed by atoms with Crippen LogP contribution in [-0.2, 0) is 24.2 Å². The van der Waals surface area contributed by atoms with E-state index in [9.17, 15) is 10.1 Å². The predicted octanol–water partition coefficient (Wildman–Crippen LogP) is 3.15. The number of carbonyl (C=O) groups is 1. The molecule has 2 heterocycles. The Bertz CT molecular complexity index is 836. The molecule has 1 aliphatic heterocycles. The number of anilines is 1. The van der Waals surface area contributed by atoms with Gasteiger partial charge in [-0.15, -0.1) is 11.3 Å². The summed E-state index contributed by atoms with van der Waals surface area (Å²) in [5, 5.41) is 16.4. The Morgan fingerprint density at radius 3 is 3.08 bits per heavy atom. The van der Waals surface area contributed by atoms with E-state index >= 15 is 0 Å². The van der Waals surface area contributed by atoms with Gasteiger partial charge in [0.1, 0.15) is 16.8 Å². The van der Waals surface area contributed by atoms with E-state index < -0.39 is 0 Å². The van der Waals surface area contributed by atoms with Gasteiger partial charge < -0.3 is 15.4 Å². The maximum Gasteiger partial charge on any atom is 0.225 e. The molecule has 0 fully saturated rings. The number of methoxy groups -OCH3 is 1. The maximum absolute atomic E-state index is 12.4. The highest BCUT2D eigenvalue weighted by Gasteiger charge is 2.21. The van der Waals surface area contributed by atoms with E-state index in [1.54, 1.807) is 7.11 Å². The second-order valence-electron chi connectivity index (χ2n) is 6.05. The molecule has 0 spiro atoms. The molecule has 0 radical (unpaired) electrons. The first-order valence-electron chi connectivity index (χ1n) is 8.31. The molecule has 2 aromatic rings. The molecule has 1 aromatic carbocycles. The number of ether oxygens (including phenoxy) is 1. The zero-order chi connectivity index (χ0) is 17.8. The largest absolute Gasteiger partial charge is 0.496 e. The normalized spacial score (nSPS) is 13.0. The Morgan fingerprint density at radius 1 is 1.48 bits per heavy atom. The van der Waals surface area contributed by atoms with Gasteiger partial charge in [-0.05, 0) is 49.1 Å². The second kappa shape index (κ2) is 7.68. The summed E-state index contributed by atoms with van der Waals surface area (Å²) >= 11 is 1.51. The molecule has 130 valence electrons. The van der Waals surface area contributed by atoms with Gasteiger partial charge >= 0.3 is 0 Å². The first-order valence-corrected chi connectivity index (χ1v) is 9.13. The molecule has 0 aliphatic carbocycles. The fraction of sp³-hybridized carbons (Fsp3) is 0.368. The van der Waals surface area contributed by atoms with Crippen molar-refractivity contribution in [2.45, 2.75) is 32.7 Å². The molecule has 0 saturated carbocycles. The quantitative estimate of drug-likeness (QED) is 0.864. The molecule has 1 aliphatic rings. The van der Waals surface area contributed by atoms with Crippen molar-refractivity contribution >= 4 is 22.2 Å². The third kappa shape index (κ3) is 3.68. The molecular formula is C19H21N3O2S. The number of nitrogens with zero attached hydrogens (tertiary/aromatic N) is 1. The first kappa shape index (κ1) is 17.5. The summed E-state index contributed by atoms with van der Waals surface area (Å²) in [6, 6.07) is 8.13. The van der Waals surface area contributed by atoms with E-state index in [1.807, 2.05) is 25.1 Å². The number of nitrogens with one attached hydrogen (secondary N) is 2. The van der Waals surface area contributed by atoms with Crippen LogP contribution in [0.2, 0.25) is 0 Å². The molecule has 25 heavy (non-hydrogen) atoms. The van der Waals surface area contributed by atoms with Crippen LogP contribution in [0.4, 0.5) is 5.00 Å². The van der Waals surface area contributed by atoms with Crippen LogP contribution < -0.4 is 15.4 Å². The smallest absolute Gasteiger partial charge is 0.225 e. The minimum Gasteiger partial charge on any atom is -0.496 e. The number of rotatable bonds is 5. The zero-order valence-corrected chi connectivity index (χ0v) is 15.3. The lowest BCUT2D eigenvalue weighted by atomic mass is 10.0. The Hall–Kier alpha value is -2.36. The number of carbonyl (C=O) groups excluding carboxylic acids is 1. The SMILES string of the molecule is COc1cccc(C)c1CCC(=O)Nc1sc2c(c1C#N)CCNC2. The van der Waals surface area contributed by atoms with E-state index in [0.29, 0.717) is 23.4 Å². The van der Waals surface area contributed by atoms with Crippen molar-refractivity contribution < 1.29 is 9.53 Å². The summed E-state index contributed by atoms with van der Waals surface area (Å²) < 4.78 is 5.39. The van der Waals surface area contributed by atoms with Gasteiger partial charge in [-0.1, -0.05) is 12.1 Å². The number of benzene rings is 1. The topological polar surface area (TPSA) is 74.1 Å². The monoisotopic (exact) mass is 355 g/mol. The second-order valence-corrected chi connectivity index (χ2v) is 7.16. The summed E-state index contributed by atoms with van der Waals surface area (Å²) in [5.74, 6) is 0.733. The summed E-state index contributed by atoms with van der Waals surface area (Å²) in [6.07, 6.45) is 1.80. The lowest BCUT2D eigenvalue weighted by molar-refractivity contribution is -0.116. The van der Waals surface area contributed by atoms with Gasteiger partial charge in [0.2, 0.25) is 5.91 Å². The standard InChI is InChI=1S/C19H21N3O2S/c1-12-4-3-5-16(24-2)13(12)6-7-18(23)22-19-15(10-20)14-8-9-21-11-17(14)25-19/h3-5,21H,6-9,11H2,1-2H3,(H,22,23). The minimum atomic E-state index is -0.0756. The Balaban J connectivity index is 1.70. The molecule has 0 atom stereocenters.